The van der Waals surface area contributed by atoms with Crippen molar-refractivity contribution >= 4 is 22.6 Å². The zero-order chi connectivity index (χ0) is 22.7. The molecule has 2 aromatic carbocycles. The van der Waals surface area contributed by atoms with Crippen molar-refractivity contribution in [3.63, 3.8) is 0 Å². The molecule has 7 heteroatoms. The molecule has 0 bridgehead atoms. The number of nitrogens with zero attached hydrogens (tertiary/aromatic N) is 2. The highest BCUT2D eigenvalue weighted by Crippen LogP contribution is 2.23. The number of hydrogen-bond donors (Lipinski definition) is 2. The van der Waals surface area contributed by atoms with Crippen LogP contribution in [0, 0.1) is 0 Å². The highest BCUT2D eigenvalue weighted by atomic mass is 16.2. The van der Waals surface area contributed by atoms with E-state index in [0.717, 1.165) is 23.4 Å². The van der Waals surface area contributed by atoms with Crippen molar-refractivity contribution in [3.05, 3.63) is 87.1 Å². The third-order valence-electron chi connectivity index (χ3n) is 5.39. The lowest BCUT2D eigenvalue weighted by Gasteiger charge is -2.10. The lowest BCUT2D eigenvalue weighted by atomic mass is 10.1. The van der Waals surface area contributed by atoms with Crippen LogP contribution >= 0.6 is 0 Å². The van der Waals surface area contributed by atoms with Crippen LogP contribution in [0.1, 0.15) is 37.0 Å². The number of aromatic amines is 1. The minimum atomic E-state index is -0.302. The minimum Gasteiger partial charge on any atom is -0.349 e. The Morgan fingerprint density at radius 1 is 0.906 bits per heavy atom. The molecule has 2 aromatic heterocycles. The van der Waals surface area contributed by atoms with E-state index in [1.807, 2.05) is 62.4 Å². The fraction of sp³-hybridized carbons (Fsp3) is 0.240. The van der Waals surface area contributed by atoms with Crippen molar-refractivity contribution in [2.24, 2.45) is 0 Å². The first-order chi connectivity index (χ1) is 15.5. The molecule has 0 saturated carbocycles. The van der Waals surface area contributed by atoms with Crippen molar-refractivity contribution in [3.8, 4) is 11.3 Å². The quantitative estimate of drug-likeness (QED) is 0.460. The molecule has 2 N–H and O–H groups in total. The van der Waals surface area contributed by atoms with Gasteiger partial charge in [0.1, 0.15) is 5.52 Å². The molecule has 0 spiro atoms. The van der Waals surface area contributed by atoms with Gasteiger partial charge >= 0.3 is 5.69 Å². The van der Waals surface area contributed by atoms with Gasteiger partial charge in [0.2, 0.25) is 0 Å². The normalized spacial score (nSPS) is 11.1. The highest BCUT2D eigenvalue weighted by Gasteiger charge is 2.16. The fourth-order valence-electron chi connectivity index (χ4n) is 3.83. The van der Waals surface area contributed by atoms with Crippen LogP contribution < -0.4 is 16.6 Å². The maximum absolute atomic E-state index is 12.9. The van der Waals surface area contributed by atoms with Crippen molar-refractivity contribution in [2.45, 2.75) is 39.8 Å². The van der Waals surface area contributed by atoms with Crippen molar-refractivity contribution in [1.29, 1.82) is 0 Å². The molecular formula is C25H26N4O3. The number of hydrogen-bond acceptors (Lipinski definition) is 3. The first-order valence-corrected chi connectivity index (χ1v) is 10.9. The van der Waals surface area contributed by atoms with Gasteiger partial charge < -0.3 is 10.3 Å². The number of amides is 1. The molecule has 32 heavy (non-hydrogen) atoms. The van der Waals surface area contributed by atoms with Gasteiger partial charge in [0.15, 0.2) is 0 Å². The second-order valence-corrected chi connectivity index (χ2v) is 7.73. The number of aromatic nitrogens is 3. The third-order valence-corrected chi connectivity index (χ3v) is 5.39. The summed E-state index contributed by atoms with van der Waals surface area (Å²) in [5.41, 5.74) is 3.27. The number of benzene rings is 2. The van der Waals surface area contributed by atoms with Crippen LogP contribution in [0.5, 0.6) is 0 Å². The number of fused-ring (bicyclic) bond motifs is 1. The van der Waals surface area contributed by atoms with E-state index in [2.05, 4.69) is 10.3 Å². The summed E-state index contributed by atoms with van der Waals surface area (Å²) >= 11 is 0. The van der Waals surface area contributed by atoms with Crippen LogP contribution in [-0.4, -0.2) is 20.0 Å². The van der Waals surface area contributed by atoms with Crippen LogP contribution in [-0.2, 0) is 13.1 Å². The van der Waals surface area contributed by atoms with Crippen LogP contribution in [0.4, 0.5) is 5.69 Å². The van der Waals surface area contributed by atoms with Crippen molar-refractivity contribution in [1.82, 2.24) is 14.1 Å². The summed E-state index contributed by atoms with van der Waals surface area (Å²) in [7, 11) is 0. The number of H-pyrrole nitrogens is 1. The molecule has 0 atom stereocenters. The first-order valence-electron chi connectivity index (χ1n) is 10.9. The molecule has 1 amide bonds. The standard InChI is InChI=1S/C25H26N4O3/c1-3-14-28-21-16-20(27-22(21)24(31)29(15-4-2)25(28)32)17-10-12-18(13-11-17)23(30)26-19-8-6-5-7-9-19/h5-13,16,27H,3-4,14-15H2,1-2H3,(H,26,30). The molecular weight excluding hydrogens is 404 g/mol. The number of nitrogens with one attached hydrogen (secondary N) is 2. The SMILES string of the molecule is CCCn1c(=O)c2[nH]c(-c3ccc(C(=O)Nc4ccccc4)cc3)cc2n(CCC)c1=O. The Balaban J connectivity index is 1.70. The molecule has 0 aliphatic heterocycles. The topological polar surface area (TPSA) is 88.9 Å². The van der Waals surface area contributed by atoms with Gasteiger partial charge in [-0.15, -0.1) is 0 Å². The van der Waals surface area contributed by atoms with E-state index < -0.39 is 0 Å². The Kier molecular flexibility index (Phi) is 6.07. The van der Waals surface area contributed by atoms with Gasteiger partial charge in [-0.3, -0.25) is 18.7 Å². The van der Waals surface area contributed by atoms with E-state index in [-0.39, 0.29) is 17.2 Å². The molecule has 164 valence electrons. The third kappa shape index (κ3) is 4.01. The average molecular weight is 431 g/mol. The number of carbonyl (C=O) groups excluding carboxylic acids is 1. The van der Waals surface area contributed by atoms with E-state index in [1.54, 1.807) is 16.7 Å². The van der Waals surface area contributed by atoms with Gasteiger partial charge in [-0.1, -0.05) is 44.2 Å². The van der Waals surface area contributed by atoms with E-state index in [9.17, 15) is 14.4 Å². The average Bonchev–Trinajstić information content (AvgIpc) is 3.26. The van der Waals surface area contributed by atoms with E-state index in [1.165, 1.54) is 4.57 Å². The molecule has 0 unspecified atom stereocenters. The second kappa shape index (κ2) is 9.09. The summed E-state index contributed by atoms with van der Waals surface area (Å²) in [6.45, 7) is 4.86. The fourth-order valence-corrected chi connectivity index (χ4v) is 3.83. The molecule has 0 aliphatic rings. The van der Waals surface area contributed by atoms with Crippen molar-refractivity contribution in [2.75, 3.05) is 5.32 Å². The zero-order valence-electron chi connectivity index (χ0n) is 18.2. The molecule has 0 aliphatic carbocycles. The van der Waals surface area contributed by atoms with E-state index >= 15 is 0 Å². The monoisotopic (exact) mass is 430 g/mol. The van der Waals surface area contributed by atoms with Gasteiger partial charge in [-0.25, -0.2) is 4.79 Å². The first kappa shape index (κ1) is 21.4. The molecule has 2 heterocycles. The van der Waals surface area contributed by atoms with Crippen LogP contribution in [0.3, 0.4) is 0 Å². The Labute approximate surface area is 185 Å². The van der Waals surface area contributed by atoms with Gasteiger partial charge in [-0.05, 0) is 48.7 Å². The summed E-state index contributed by atoms with van der Waals surface area (Å²) in [5.74, 6) is -0.196. The van der Waals surface area contributed by atoms with E-state index in [0.29, 0.717) is 36.1 Å². The number of rotatable bonds is 7. The smallest absolute Gasteiger partial charge is 0.331 e. The van der Waals surface area contributed by atoms with Crippen molar-refractivity contribution < 1.29 is 4.79 Å². The highest BCUT2D eigenvalue weighted by molar-refractivity contribution is 6.04. The molecule has 0 radical (unpaired) electrons. The lowest BCUT2D eigenvalue weighted by Crippen LogP contribution is -2.39. The summed E-state index contributed by atoms with van der Waals surface area (Å²) < 4.78 is 2.96. The Morgan fingerprint density at radius 2 is 1.56 bits per heavy atom. The second-order valence-electron chi connectivity index (χ2n) is 7.73. The van der Waals surface area contributed by atoms with Gasteiger partial charge in [-0.2, -0.15) is 0 Å². The number of carbonyl (C=O) groups is 1. The summed E-state index contributed by atoms with van der Waals surface area (Å²) in [6, 6.07) is 18.3. The van der Waals surface area contributed by atoms with Gasteiger partial charge in [0.25, 0.3) is 11.5 Å². The number of anilines is 1. The predicted octanol–water partition coefficient (Wildman–Crippen LogP) is 4.23. The van der Waals surface area contributed by atoms with Gasteiger partial charge in [0.05, 0.1) is 5.52 Å². The Morgan fingerprint density at radius 3 is 2.22 bits per heavy atom. The lowest BCUT2D eigenvalue weighted by molar-refractivity contribution is 0.102. The Hall–Kier alpha value is -3.87. The van der Waals surface area contributed by atoms with Crippen LogP contribution in [0.15, 0.2) is 70.3 Å². The number of para-hydroxylation sites is 1. The minimum absolute atomic E-state index is 0.196. The van der Waals surface area contributed by atoms with Crippen LogP contribution in [0.2, 0.25) is 0 Å². The molecule has 4 aromatic rings. The maximum atomic E-state index is 12.9. The predicted molar refractivity (Wildman–Crippen MR) is 127 cm³/mol. The summed E-state index contributed by atoms with van der Waals surface area (Å²) in [6.07, 6.45) is 1.48. The number of aryl methyl sites for hydroxylation is 1. The largest absolute Gasteiger partial charge is 0.349 e. The van der Waals surface area contributed by atoms with E-state index in [4.69, 9.17) is 0 Å². The van der Waals surface area contributed by atoms with Crippen LogP contribution in [0.25, 0.3) is 22.3 Å². The molecule has 7 nitrogen and oxygen atoms in total. The Bertz CT molecular complexity index is 1360. The summed E-state index contributed by atoms with van der Waals surface area (Å²) in [4.78, 5) is 41.5. The zero-order valence-corrected chi connectivity index (χ0v) is 18.2. The summed E-state index contributed by atoms with van der Waals surface area (Å²) in [5, 5.41) is 2.86. The maximum Gasteiger partial charge on any atom is 0.331 e. The molecule has 4 rings (SSSR count). The molecule has 0 saturated heterocycles. The molecule has 0 fully saturated rings. The van der Waals surface area contributed by atoms with Gasteiger partial charge in [0, 0.05) is 30.0 Å².